The summed E-state index contributed by atoms with van der Waals surface area (Å²) in [5.74, 6) is 0. The van der Waals surface area contributed by atoms with Gasteiger partial charge >= 0.3 is 0 Å². The van der Waals surface area contributed by atoms with Crippen LogP contribution in [-0.4, -0.2) is 0 Å². The summed E-state index contributed by atoms with van der Waals surface area (Å²) < 4.78 is 8.84. The summed E-state index contributed by atoms with van der Waals surface area (Å²) in [5, 5.41) is 0. The molecule has 0 atom stereocenters. The van der Waals surface area contributed by atoms with Gasteiger partial charge in [-0.25, -0.2) is 18.3 Å². The van der Waals surface area contributed by atoms with Gasteiger partial charge in [0, 0.05) is 70.8 Å². The van der Waals surface area contributed by atoms with Gasteiger partial charge in [-0.05, 0) is 11.1 Å². The third kappa shape index (κ3) is 9.54. The Bertz CT molecular complexity index is 1640. The van der Waals surface area contributed by atoms with E-state index in [0.717, 1.165) is 37.6 Å². The maximum atomic E-state index is 3.30. The highest BCUT2D eigenvalue weighted by Gasteiger charge is 2.10. The summed E-state index contributed by atoms with van der Waals surface area (Å²) in [4.78, 5) is 0. The molecule has 0 spiro atoms. The molecule has 46 heavy (non-hydrogen) atoms. The topological polar surface area (TPSA) is 39.6 Å². The normalized spacial score (nSPS) is 11.7. The second-order valence-electron chi connectivity index (χ2n) is 10.9. The standard InChI is InChI=1S/C36H32N6.4BrH/c1-5-31-6-2-29(1)25-39-17-9-33(10-18-39)34-11-19-40(20-12-34)26-30-3-7-32(8-4-30)28-42-23-15-36(16-24-42)38-37-35-13-21-41(27-31)22-14-35;;;;/h1-24H,25-28H2;4*1H/q+2;;;;/p-2. The predicted molar refractivity (Wildman–Crippen MR) is 162 cm³/mol. The van der Waals surface area contributed by atoms with Crippen LogP contribution in [0.1, 0.15) is 22.3 Å². The molecule has 14 aliphatic heterocycles. The van der Waals surface area contributed by atoms with Crippen molar-refractivity contribution in [1.29, 1.82) is 0 Å². The number of benzene rings is 2. The average molecular weight is 870 g/mol. The fourth-order valence-electron chi connectivity index (χ4n) is 5.29. The molecule has 0 saturated heterocycles. The van der Waals surface area contributed by atoms with Crippen molar-refractivity contribution in [2.24, 2.45) is 0 Å². The number of pyridine rings is 4. The number of hydrogen-bond acceptors (Lipinski definition) is 2. The first-order valence-electron chi connectivity index (χ1n) is 14.4. The summed E-state index contributed by atoms with van der Waals surface area (Å²) in [6, 6.07) is 34.9. The fourth-order valence-corrected chi connectivity index (χ4v) is 5.29. The van der Waals surface area contributed by atoms with Gasteiger partial charge in [0.15, 0.2) is 75.8 Å². The molecule has 0 fully saturated rings. The Kier molecular flexibility index (Phi) is 14.1. The van der Waals surface area contributed by atoms with Crippen LogP contribution in [0.25, 0.3) is 11.1 Å². The van der Waals surface area contributed by atoms with Gasteiger partial charge in [-0.1, -0.05) is 48.5 Å². The van der Waals surface area contributed by atoms with Crippen molar-refractivity contribution >= 4 is 11.4 Å². The summed E-state index contributed by atoms with van der Waals surface area (Å²) in [5.41, 5.74) is 16.2. The number of anilines is 2. The second-order valence-corrected chi connectivity index (χ2v) is 10.9. The van der Waals surface area contributed by atoms with Crippen LogP contribution in [0.2, 0.25) is 0 Å². The first-order valence-corrected chi connectivity index (χ1v) is 14.4. The first-order chi connectivity index (χ1) is 20.7. The van der Waals surface area contributed by atoms with Crippen molar-refractivity contribution in [1.82, 2.24) is 0 Å². The number of rotatable bonds is 0. The predicted octanol–water partition coefficient (Wildman–Crippen LogP) is -7.53. The van der Waals surface area contributed by atoms with Crippen molar-refractivity contribution < 1.29 is 86.2 Å². The summed E-state index contributed by atoms with van der Waals surface area (Å²) in [6.45, 7) is 3.34. The Hall–Kier alpha value is -3.44. The molecule has 0 unspecified atom stereocenters. The number of aromatic nitrogens is 4. The lowest BCUT2D eigenvalue weighted by atomic mass is 10.1. The molecule has 2 aromatic carbocycles. The molecule has 0 amide bonds. The molecule has 2 N–H and O–H groups in total. The molecule has 236 valence electrons. The Labute approximate surface area is 312 Å². The molecule has 6 nitrogen and oxygen atoms in total. The smallest absolute Gasteiger partial charge is 0.173 e. The minimum absolute atomic E-state index is 0. The van der Waals surface area contributed by atoms with E-state index in [1.165, 1.54) is 33.4 Å². The lowest BCUT2D eigenvalue weighted by molar-refractivity contribution is -0.689. The molecule has 20 rings (SSSR count). The molecule has 6 aromatic rings. The van der Waals surface area contributed by atoms with Gasteiger partial charge in [0.05, 0.1) is 11.4 Å². The molecule has 0 aliphatic carbocycles. The molecule has 4 aromatic heterocycles. The van der Waals surface area contributed by atoms with E-state index in [0.29, 0.717) is 0 Å². The Morgan fingerprint density at radius 1 is 0.304 bits per heavy atom. The zero-order valence-corrected chi connectivity index (χ0v) is 31.3. The maximum absolute atomic E-state index is 3.30. The van der Waals surface area contributed by atoms with E-state index in [2.05, 4.69) is 176 Å². The van der Waals surface area contributed by atoms with Crippen LogP contribution < -0.4 is 97.0 Å². The molecule has 10 heteroatoms. The van der Waals surface area contributed by atoms with Crippen LogP contribution in [0.15, 0.2) is 147 Å². The first kappa shape index (κ1) is 37.0. The highest BCUT2D eigenvalue weighted by Crippen LogP contribution is 2.16. The Morgan fingerprint density at radius 3 is 0.761 bits per heavy atom. The molecule has 14 aliphatic rings. The van der Waals surface area contributed by atoms with Crippen molar-refractivity contribution in [2.45, 2.75) is 26.2 Å². The number of nitrogens with zero attached hydrogens (tertiary/aromatic N) is 4. The zero-order chi connectivity index (χ0) is 28.1. The van der Waals surface area contributed by atoms with Crippen molar-refractivity contribution in [3.8, 4) is 11.1 Å². The summed E-state index contributed by atoms with van der Waals surface area (Å²) in [7, 11) is 0. The fraction of sp³-hybridized carbons (Fsp3) is 0.111. The number of hydrogen-bond donors (Lipinski definition) is 2. The van der Waals surface area contributed by atoms with Gasteiger partial charge in [0.2, 0.25) is 0 Å². The number of hydrazine groups is 1. The van der Waals surface area contributed by atoms with E-state index < -0.39 is 0 Å². The monoisotopic (exact) mass is 866 g/mol. The number of nitrogens with one attached hydrogen (secondary N) is 2. The third-order valence-corrected chi connectivity index (χ3v) is 7.76. The van der Waals surface area contributed by atoms with Gasteiger partial charge in [0.1, 0.15) is 0 Å². The summed E-state index contributed by atoms with van der Waals surface area (Å²) >= 11 is 0. The van der Waals surface area contributed by atoms with Crippen LogP contribution in [0, 0.1) is 0 Å². The quantitative estimate of drug-likeness (QED) is 0.149. The second kappa shape index (κ2) is 17.5. The van der Waals surface area contributed by atoms with Gasteiger partial charge in [-0.3, -0.25) is 0 Å². The van der Waals surface area contributed by atoms with Crippen LogP contribution in [0.4, 0.5) is 11.4 Å². The Balaban J connectivity index is 0.00000144. The minimum atomic E-state index is 0. The molecule has 12 bridgehead atoms. The van der Waals surface area contributed by atoms with Crippen molar-refractivity contribution in [3.05, 3.63) is 169 Å². The van der Waals surface area contributed by atoms with E-state index in [-0.39, 0.29) is 67.9 Å². The largest absolute Gasteiger partial charge is 1.00 e. The van der Waals surface area contributed by atoms with Crippen LogP contribution in [-0.2, 0) is 26.2 Å². The van der Waals surface area contributed by atoms with Gasteiger partial charge in [-0.15, -0.1) is 0 Å². The summed E-state index contributed by atoms with van der Waals surface area (Å²) in [6.07, 6.45) is 17.1. The SMILES string of the molecule is [Br-].[Br-].[Br-].[Br-].c1cc2ccc1C[n+]1ccc(cc1)NNc1cc[n+](cc1)Cc1ccc(cc1)C[n+]1ccc(cc1)-c1cc[n+](cc1)C2. The van der Waals surface area contributed by atoms with Crippen molar-refractivity contribution in [2.75, 3.05) is 10.9 Å². The van der Waals surface area contributed by atoms with Crippen molar-refractivity contribution in [3.63, 3.8) is 0 Å². The van der Waals surface area contributed by atoms with E-state index >= 15 is 0 Å². The van der Waals surface area contributed by atoms with Crippen LogP contribution in [0.3, 0.4) is 0 Å². The van der Waals surface area contributed by atoms with E-state index in [9.17, 15) is 0 Å². The zero-order valence-electron chi connectivity index (χ0n) is 25.0. The highest BCUT2D eigenvalue weighted by molar-refractivity contribution is 5.61. The minimum Gasteiger partial charge on any atom is -1.00 e. The van der Waals surface area contributed by atoms with Gasteiger partial charge < -0.3 is 78.8 Å². The molecular formula is C36H34Br4N6. The number of halogens is 4. The maximum Gasteiger partial charge on any atom is 0.173 e. The average Bonchev–Trinajstić information content (AvgIpc) is 3.04. The van der Waals surface area contributed by atoms with E-state index in [1.54, 1.807) is 0 Å². The highest BCUT2D eigenvalue weighted by atomic mass is 79.9. The van der Waals surface area contributed by atoms with Gasteiger partial charge in [-0.2, -0.15) is 0 Å². The van der Waals surface area contributed by atoms with Gasteiger partial charge in [0.25, 0.3) is 0 Å². The third-order valence-electron chi connectivity index (χ3n) is 7.76. The molecule has 0 radical (unpaired) electrons. The lowest BCUT2D eigenvalue weighted by Gasteiger charge is -2.09. The molecular weight excluding hydrogens is 836 g/mol. The van der Waals surface area contributed by atoms with Crippen LogP contribution >= 0.6 is 0 Å². The lowest BCUT2D eigenvalue weighted by Crippen LogP contribution is -3.00. The molecule has 18 heterocycles. The Morgan fingerprint density at radius 2 is 0.522 bits per heavy atom. The van der Waals surface area contributed by atoms with Crippen LogP contribution in [0.5, 0.6) is 0 Å². The van der Waals surface area contributed by atoms with E-state index in [4.69, 9.17) is 0 Å². The van der Waals surface area contributed by atoms with E-state index in [1.807, 2.05) is 0 Å². The molecule has 0 saturated carbocycles.